The molecule has 1 aliphatic carbocycles. The number of alkyl halides is 3. The van der Waals surface area contributed by atoms with Crippen LogP contribution in [0.1, 0.15) is 12.8 Å². The molecule has 0 aliphatic heterocycles. The molecule has 0 saturated heterocycles. The van der Waals surface area contributed by atoms with Crippen molar-refractivity contribution in [2.24, 2.45) is 11.8 Å². The highest BCUT2D eigenvalue weighted by Gasteiger charge is 2.53. The third-order valence-electron chi connectivity index (χ3n) is 2.20. The van der Waals surface area contributed by atoms with Crippen LogP contribution in [0.15, 0.2) is 0 Å². The summed E-state index contributed by atoms with van der Waals surface area (Å²) in [5, 5.41) is 0. The van der Waals surface area contributed by atoms with Crippen molar-refractivity contribution >= 4 is 5.97 Å². The molecule has 1 rings (SSSR count). The first-order valence-electron chi connectivity index (χ1n) is 3.61. The van der Waals surface area contributed by atoms with Crippen LogP contribution in [0.3, 0.4) is 0 Å². The van der Waals surface area contributed by atoms with Gasteiger partial charge < -0.3 is 4.74 Å². The number of carbonyl (C=O) groups excluding carboxylic acids is 1. The summed E-state index contributed by atoms with van der Waals surface area (Å²) in [6.07, 6.45) is -3.92. The first-order valence-corrected chi connectivity index (χ1v) is 3.61. The van der Waals surface area contributed by atoms with E-state index >= 15 is 0 Å². The minimum Gasteiger partial charge on any atom is -0.469 e. The zero-order valence-electron chi connectivity index (χ0n) is 6.52. The Balaban J connectivity index is 2.55. The molecule has 2 nitrogen and oxygen atoms in total. The fraction of sp³-hybridized carbons (Fsp3) is 0.857. The van der Waals surface area contributed by atoms with Crippen LogP contribution in [0.5, 0.6) is 0 Å². The summed E-state index contributed by atoms with van der Waals surface area (Å²) >= 11 is 0. The molecule has 70 valence electrons. The molecule has 0 aromatic rings. The monoisotopic (exact) mass is 182 g/mol. The van der Waals surface area contributed by atoms with E-state index in [1.165, 1.54) is 0 Å². The van der Waals surface area contributed by atoms with Crippen LogP contribution in [0.25, 0.3) is 0 Å². The molecule has 1 aliphatic rings. The standard InChI is InChI=1S/C7H9F3O2/c1-12-6(11)4-2-3-5(4)7(8,9)10/h4-5H,2-3H2,1H3/t4-,5-/m1/s1. The van der Waals surface area contributed by atoms with Gasteiger partial charge >= 0.3 is 12.1 Å². The highest BCUT2D eigenvalue weighted by atomic mass is 19.4. The van der Waals surface area contributed by atoms with Crippen molar-refractivity contribution in [1.82, 2.24) is 0 Å². The van der Waals surface area contributed by atoms with Gasteiger partial charge in [-0.1, -0.05) is 0 Å². The molecule has 0 aromatic heterocycles. The summed E-state index contributed by atoms with van der Waals surface area (Å²) in [4.78, 5) is 10.7. The lowest BCUT2D eigenvalue weighted by Crippen LogP contribution is -2.42. The Labute approximate surface area is 67.7 Å². The Hall–Kier alpha value is -0.740. The van der Waals surface area contributed by atoms with Gasteiger partial charge in [-0.25, -0.2) is 0 Å². The minimum atomic E-state index is -4.25. The maximum atomic E-state index is 12.0. The van der Waals surface area contributed by atoms with Gasteiger partial charge in [-0.3, -0.25) is 4.79 Å². The quantitative estimate of drug-likeness (QED) is 0.577. The van der Waals surface area contributed by atoms with E-state index in [4.69, 9.17) is 0 Å². The fourth-order valence-corrected chi connectivity index (χ4v) is 1.33. The molecule has 0 amide bonds. The summed E-state index contributed by atoms with van der Waals surface area (Å²) in [5.41, 5.74) is 0. The van der Waals surface area contributed by atoms with Crippen molar-refractivity contribution in [2.45, 2.75) is 19.0 Å². The lowest BCUT2D eigenvalue weighted by Gasteiger charge is -2.35. The number of carbonyl (C=O) groups is 1. The van der Waals surface area contributed by atoms with Gasteiger partial charge in [-0.15, -0.1) is 0 Å². The van der Waals surface area contributed by atoms with Crippen molar-refractivity contribution in [2.75, 3.05) is 7.11 Å². The second-order valence-electron chi connectivity index (χ2n) is 2.86. The average molecular weight is 182 g/mol. The number of ether oxygens (including phenoxy) is 1. The molecule has 5 heteroatoms. The van der Waals surface area contributed by atoms with Gasteiger partial charge in [-0.05, 0) is 12.8 Å². The van der Waals surface area contributed by atoms with Crippen molar-refractivity contribution in [1.29, 1.82) is 0 Å². The highest BCUT2D eigenvalue weighted by Crippen LogP contribution is 2.45. The second-order valence-corrected chi connectivity index (χ2v) is 2.86. The predicted octanol–water partition coefficient (Wildman–Crippen LogP) is 1.75. The predicted molar refractivity (Wildman–Crippen MR) is 34.3 cm³/mol. The van der Waals surface area contributed by atoms with Crippen molar-refractivity contribution in [3.8, 4) is 0 Å². The highest BCUT2D eigenvalue weighted by molar-refractivity contribution is 5.73. The first-order chi connectivity index (χ1) is 5.46. The molecule has 0 bridgehead atoms. The van der Waals surface area contributed by atoms with Gasteiger partial charge in [0, 0.05) is 0 Å². The van der Waals surface area contributed by atoms with Gasteiger partial charge in [-0.2, -0.15) is 13.2 Å². The molecule has 12 heavy (non-hydrogen) atoms. The molecular weight excluding hydrogens is 173 g/mol. The van der Waals surface area contributed by atoms with Crippen molar-refractivity contribution in [3.05, 3.63) is 0 Å². The number of hydrogen-bond acceptors (Lipinski definition) is 2. The maximum Gasteiger partial charge on any atom is 0.392 e. The Morgan fingerprint density at radius 3 is 2.25 bits per heavy atom. The summed E-state index contributed by atoms with van der Waals surface area (Å²) in [6, 6.07) is 0. The zero-order valence-corrected chi connectivity index (χ0v) is 6.52. The number of halogens is 3. The Kier molecular flexibility index (Phi) is 2.30. The van der Waals surface area contributed by atoms with Gasteiger partial charge in [0.05, 0.1) is 18.9 Å². The van der Waals surface area contributed by atoms with Gasteiger partial charge in [0.15, 0.2) is 0 Å². The number of esters is 1. The van der Waals surface area contributed by atoms with Crippen LogP contribution in [0.2, 0.25) is 0 Å². The summed E-state index contributed by atoms with van der Waals surface area (Å²) in [7, 11) is 1.11. The number of rotatable bonds is 1. The third-order valence-corrected chi connectivity index (χ3v) is 2.20. The van der Waals surface area contributed by atoms with E-state index in [-0.39, 0.29) is 12.8 Å². The third kappa shape index (κ3) is 1.54. The lowest BCUT2D eigenvalue weighted by atomic mass is 9.73. The molecule has 0 aromatic carbocycles. The van der Waals surface area contributed by atoms with E-state index in [1.54, 1.807) is 0 Å². The van der Waals surface area contributed by atoms with Crippen molar-refractivity contribution < 1.29 is 22.7 Å². The molecule has 2 atom stereocenters. The van der Waals surface area contributed by atoms with Crippen LogP contribution in [-0.2, 0) is 9.53 Å². The van der Waals surface area contributed by atoms with E-state index < -0.39 is 24.0 Å². The lowest BCUT2D eigenvalue weighted by molar-refractivity contribution is -0.219. The zero-order chi connectivity index (χ0) is 9.35. The minimum absolute atomic E-state index is 0.0449. The van der Waals surface area contributed by atoms with Crippen LogP contribution >= 0.6 is 0 Å². The number of methoxy groups -OCH3 is 1. The molecule has 1 fully saturated rings. The molecule has 0 unspecified atom stereocenters. The smallest absolute Gasteiger partial charge is 0.392 e. The Bertz CT molecular complexity index is 188. The Morgan fingerprint density at radius 1 is 1.42 bits per heavy atom. The first kappa shape index (κ1) is 9.35. The van der Waals surface area contributed by atoms with E-state index in [1.807, 2.05) is 0 Å². The molecule has 0 spiro atoms. The van der Waals surface area contributed by atoms with E-state index in [0.717, 1.165) is 7.11 Å². The molecule has 0 heterocycles. The molecule has 1 saturated carbocycles. The number of hydrogen-bond donors (Lipinski definition) is 0. The van der Waals surface area contributed by atoms with Crippen LogP contribution < -0.4 is 0 Å². The fourth-order valence-electron chi connectivity index (χ4n) is 1.33. The van der Waals surface area contributed by atoms with Gasteiger partial charge in [0.2, 0.25) is 0 Å². The summed E-state index contributed by atoms with van der Waals surface area (Å²) in [5.74, 6) is -3.19. The van der Waals surface area contributed by atoms with Crippen LogP contribution in [0.4, 0.5) is 13.2 Å². The molecule has 0 N–H and O–H groups in total. The topological polar surface area (TPSA) is 26.3 Å². The van der Waals surface area contributed by atoms with E-state index in [2.05, 4.69) is 4.74 Å². The largest absolute Gasteiger partial charge is 0.469 e. The van der Waals surface area contributed by atoms with E-state index in [0.29, 0.717) is 0 Å². The average Bonchev–Trinajstić information content (AvgIpc) is 1.80. The maximum absolute atomic E-state index is 12.0. The van der Waals surface area contributed by atoms with Crippen molar-refractivity contribution in [3.63, 3.8) is 0 Å². The summed E-state index contributed by atoms with van der Waals surface area (Å²) < 4.78 is 40.4. The molecule has 0 radical (unpaired) electrons. The van der Waals surface area contributed by atoms with Crippen LogP contribution in [0, 0.1) is 11.8 Å². The van der Waals surface area contributed by atoms with E-state index in [9.17, 15) is 18.0 Å². The van der Waals surface area contributed by atoms with Gasteiger partial charge in [0.25, 0.3) is 0 Å². The van der Waals surface area contributed by atoms with Gasteiger partial charge in [0.1, 0.15) is 0 Å². The Morgan fingerprint density at radius 2 is 2.00 bits per heavy atom. The SMILES string of the molecule is COC(=O)[C@@H]1CC[C@H]1C(F)(F)F. The second kappa shape index (κ2) is 2.95. The molecular formula is C7H9F3O2. The summed E-state index contributed by atoms with van der Waals surface area (Å²) in [6.45, 7) is 0. The van der Waals surface area contributed by atoms with Crippen LogP contribution in [-0.4, -0.2) is 19.3 Å². The normalized spacial score (nSPS) is 29.3.